The number of hydrogen-bond donors (Lipinski definition) is 2. The van der Waals surface area contributed by atoms with Gasteiger partial charge in [-0.25, -0.2) is 0 Å². The molecule has 0 fully saturated rings. The molecule has 112 valence electrons. The number of likely N-dealkylation sites (N-methyl/N-ethyl adjacent to an activating group) is 1. The summed E-state index contributed by atoms with van der Waals surface area (Å²) >= 11 is 1.73. The Balaban J connectivity index is 1.60. The van der Waals surface area contributed by atoms with Gasteiger partial charge in [0.05, 0.1) is 11.9 Å². The second kappa shape index (κ2) is 6.73. The van der Waals surface area contributed by atoms with Gasteiger partial charge < -0.3 is 10.2 Å². The van der Waals surface area contributed by atoms with Gasteiger partial charge in [0.15, 0.2) is 6.54 Å². The summed E-state index contributed by atoms with van der Waals surface area (Å²) in [4.78, 5) is 14.6. The predicted octanol–water partition coefficient (Wildman–Crippen LogP) is 2.55. The van der Waals surface area contributed by atoms with Gasteiger partial charge in [0.1, 0.15) is 6.54 Å². The van der Waals surface area contributed by atoms with Crippen molar-refractivity contribution in [1.82, 2.24) is 0 Å². The molecule has 0 aliphatic carbocycles. The van der Waals surface area contributed by atoms with Crippen LogP contribution in [0.2, 0.25) is 0 Å². The lowest BCUT2D eigenvalue weighted by molar-refractivity contribution is -0.884. The summed E-state index contributed by atoms with van der Waals surface area (Å²) in [6.45, 7) is 1.34. The lowest BCUT2D eigenvalue weighted by Gasteiger charge is -2.13. The number of carbonyl (C=O) groups excluding carboxylic acids is 1. The van der Waals surface area contributed by atoms with Crippen LogP contribution >= 0.6 is 11.3 Å². The molecule has 0 saturated carbocycles. The standard InChI is InChI=1S/C18H18N2OS/c1-20(12-17-7-4-10-22-17)13-18(21)19-16-9-8-14-5-2-3-6-15(14)11-16/h2-11H,12-13H2,1H3,(H,19,21)/p+1. The van der Waals surface area contributed by atoms with Gasteiger partial charge in [0.2, 0.25) is 0 Å². The highest BCUT2D eigenvalue weighted by Crippen LogP contribution is 2.18. The van der Waals surface area contributed by atoms with E-state index in [4.69, 9.17) is 0 Å². The van der Waals surface area contributed by atoms with E-state index in [0.717, 1.165) is 17.6 Å². The zero-order valence-corrected chi connectivity index (χ0v) is 13.3. The number of rotatable bonds is 5. The van der Waals surface area contributed by atoms with Gasteiger partial charge in [0.25, 0.3) is 5.91 Å². The Hall–Kier alpha value is -2.17. The molecular formula is C18H19N2OS+. The van der Waals surface area contributed by atoms with Crippen LogP contribution in [0, 0.1) is 0 Å². The molecule has 0 saturated heterocycles. The Morgan fingerprint density at radius 1 is 1.09 bits per heavy atom. The fourth-order valence-corrected chi connectivity index (χ4v) is 3.34. The number of benzene rings is 2. The van der Waals surface area contributed by atoms with Crippen molar-refractivity contribution < 1.29 is 9.69 Å². The van der Waals surface area contributed by atoms with E-state index in [9.17, 15) is 4.79 Å². The Labute approximate surface area is 134 Å². The summed E-state index contributed by atoms with van der Waals surface area (Å²) < 4.78 is 0. The van der Waals surface area contributed by atoms with Gasteiger partial charge in [0, 0.05) is 5.69 Å². The lowest BCUT2D eigenvalue weighted by atomic mass is 10.1. The van der Waals surface area contributed by atoms with Crippen molar-refractivity contribution in [2.75, 3.05) is 18.9 Å². The first kappa shape index (κ1) is 14.8. The van der Waals surface area contributed by atoms with Crippen LogP contribution in [-0.2, 0) is 11.3 Å². The van der Waals surface area contributed by atoms with Gasteiger partial charge in [-0.3, -0.25) is 4.79 Å². The molecule has 1 heterocycles. The maximum atomic E-state index is 12.2. The van der Waals surface area contributed by atoms with Gasteiger partial charge in [-0.2, -0.15) is 0 Å². The van der Waals surface area contributed by atoms with Crippen molar-refractivity contribution in [3.8, 4) is 0 Å². The minimum atomic E-state index is 0.0457. The molecule has 2 N–H and O–H groups in total. The largest absolute Gasteiger partial charge is 0.325 e. The Bertz CT molecular complexity index is 768. The average molecular weight is 311 g/mol. The molecule has 1 aromatic heterocycles. The lowest BCUT2D eigenvalue weighted by Crippen LogP contribution is -3.08. The molecular weight excluding hydrogens is 292 g/mol. The molecule has 3 rings (SSSR count). The van der Waals surface area contributed by atoms with Crippen molar-refractivity contribution >= 4 is 33.7 Å². The maximum Gasteiger partial charge on any atom is 0.279 e. The Morgan fingerprint density at radius 3 is 2.68 bits per heavy atom. The normalized spacial score (nSPS) is 12.2. The van der Waals surface area contributed by atoms with E-state index in [1.807, 2.05) is 43.4 Å². The first-order valence-electron chi connectivity index (χ1n) is 7.33. The summed E-state index contributed by atoms with van der Waals surface area (Å²) in [6, 6.07) is 18.3. The molecule has 0 aliphatic rings. The van der Waals surface area contributed by atoms with E-state index in [1.165, 1.54) is 15.2 Å². The zero-order valence-electron chi connectivity index (χ0n) is 12.5. The predicted molar refractivity (Wildman–Crippen MR) is 92.4 cm³/mol. The highest BCUT2D eigenvalue weighted by molar-refractivity contribution is 7.09. The summed E-state index contributed by atoms with van der Waals surface area (Å²) in [6.07, 6.45) is 0. The number of amides is 1. The average Bonchev–Trinajstić information content (AvgIpc) is 2.99. The fourth-order valence-electron chi connectivity index (χ4n) is 2.52. The van der Waals surface area contributed by atoms with Crippen LogP contribution in [0.4, 0.5) is 5.69 Å². The Morgan fingerprint density at radius 2 is 1.91 bits per heavy atom. The van der Waals surface area contributed by atoms with E-state index >= 15 is 0 Å². The highest BCUT2D eigenvalue weighted by atomic mass is 32.1. The summed E-state index contributed by atoms with van der Waals surface area (Å²) in [5.41, 5.74) is 0.854. The van der Waals surface area contributed by atoms with E-state index < -0.39 is 0 Å². The summed E-state index contributed by atoms with van der Waals surface area (Å²) in [7, 11) is 2.04. The molecule has 1 atom stereocenters. The van der Waals surface area contributed by atoms with Gasteiger partial charge >= 0.3 is 0 Å². The number of hydrogen-bond acceptors (Lipinski definition) is 2. The minimum absolute atomic E-state index is 0.0457. The number of fused-ring (bicyclic) bond motifs is 1. The van der Waals surface area contributed by atoms with Crippen molar-refractivity contribution in [1.29, 1.82) is 0 Å². The molecule has 4 heteroatoms. The van der Waals surface area contributed by atoms with Crippen molar-refractivity contribution in [2.24, 2.45) is 0 Å². The summed E-state index contributed by atoms with van der Waals surface area (Å²) in [5.74, 6) is 0.0457. The monoisotopic (exact) mass is 311 g/mol. The number of carbonyl (C=O) groups is 1. The molecule has 2 aromatic carbocycles. The van der Waals surface area contributed by atoms with Crippen LogP contribution in [0.3, 0.4) is 0 Å². The van der Waals surface area contributed by atoms with Crippen LogP contribution < -0.4 is 10.2 Å². The van der Waals surface area contributed by atoms with E-state index in [0.29, 0.717) is 6.54 Å². The molecule has 1 amide bonds. The van der Waals surface area contributed by atoms with Crippen molar-refractivity contribution in [2.45, 2.75) is 6.54 Å². The van der Waals surface area contributed by atoms with Crippen LogP contribution in [-0.4, -0.2) is 19.5 Å². The van der Waals surface area contributed by atoms with E-state index in [1.54, 1.807) is 11.3 Å². The SMILES string of the molecule is C[NH+](CC(=O)Nc1ccc2ccccc2c1)Cc1cccs1. The highest BCUT2D eigenvalue weighted by Gasteiger charge is 2.11. The zero-order chi connectivity index (χ0) is 15.4. The van der Waals surface area contributed by atoms with Gasteiger partial charge in [-0.15, -0.1) is 11.3 Å². The number of anilines is 1. The van der Waals surface area contributed by atoms with Crippen LogP contribution in [0.5, 0.6) is 0 Å². The molecule has 0 bridgehead atoms. The fraction of sp³-hybridized carbons (Fsp3) is 0.167. The van der Waals surface area contributed by atoms with Crippen molar-refractivity contribution in [3.63, 3.8) is 0 Å². The van der Waals surface area contributed by atoms with Gasteiger partial charge in [-0.1, -0.05) is 36.4 Å². The number of quaternary nitrogens is 1. The number of nitrogens with one attached hydrogen (secondary N) is 2. The molecule has 0 radical (unpaired) electrons. The molecule has 0 spiro atoms. The molecule has 3 aromatic rings. The first-order valence-corrected chi connectivity index (χ1v) is 8.21. The van der Waals surface area contributed by atoms with E-state index in [-0.39, 0.29) is 5.91 Å². The third-order valence-corrected chi connectivity index (χ3v) is 4.43. The quantitative estimate of drug-likeness (QED) is 0.746. The third kappa shape index (κ3) is 3.72. The third-order valence-electron chi connectivity index (χ3n) is 3.55. The van der Waals surface area contributed by atoms with E-state index in [2.05, 4.69) is 28.9 Å². The minimum Gasteiger partial charge on any atom is -0.325 e. The van der Waals surface area contributed by atoms with Crippen LogP contribution in [0.1, 0.15) is 4.88 Å². The van der Waals surface area contributed by atoms with Crippen molar-refractivity contribution in [3.05, 3.63) is 64.9 Å². The molecule has 3 nitrogen and oxygen atoms in total. The summed E-state index contributed by atoms with van der Waals surface area (Å²) in [5, 5.41) is 7.38. The van der Waals surface area contributed by atoms with Crippen LogP contribution in [0.25, 0.3) is 10.8 Å². The number of thiophene rings is 1. The molecule has 22 heavy (non-hydrogen) atoms. The molecule has 0 aliphatic heterocycles. The first-order chi connectivity index (χ1) is 10.7. The smallest absolute Gasteiger partial charge is 0.279 e. The second-order valence-corrected chi connectivity index (χ2v) is 6.53. The van der Waals surface area contributed by atoms with Gasteiger partial charge in [-0.05, 0) is 34.4 Å². The maximum absolute atomic E-state index is 12.2. The van der Waals surface area contributed by atoms with Crippen LogP contribution in [0.15, 0.2) is 60.0 Å². The second-order valence-electron chi connectivity index (χ2n) is 5.50. The molecule has 1 unspecified atom stereocenters. The Kier molecular flexibility index (Phi) is 4.51. The topological polar surface area (TPSA) is 33.5 Å².